The monoisotopic (exact) mass is 445 g/mol. The number of hydrogen-bond donors (Lipinski definition) is 2. The lowest BCUT2D eigenvalue weighted by Crippen LogP contribution is -2.39. The highest BCUT2D eigenvalue weighted by molar-refractivity contribution is 5.91. The van der Waals surface area contributed by atoms with E-state index in [0.717, 1.165) is 60.8 Å². The normalized spacial score (nSPS) is 19.6. The number of pyridine rings is 1. The maximum Gasteiger partial charge on any atom is 0.222 e. The maximum absolute atomic E-state index is 13.1. The van der Waals surface area contributed by atoms with Gasteiger partial charge in [-0.3, -0.25) is 9.89 Å². The van der Waals surface area contributed by atoms with Gasteiger partial charge in [0.05, 0.1) is 10.9 Å². The predicted molar refractivity (Wildman–Crippen MR) is 132 cm³/mol. The van der Waals surface area contributed by atoms with Crippen molar-refractivity contribution in [3.05, 3.63) is 53.9 Å². The lowest BCUT2D eigenvalue weighted by molar-refractivity contribution is -0.132. The Hall–Kier alpha value is -2.89. The molecule has 0 radical (unpaired) electrons. The van der Waals surface area contributed by atoms with E-state index in [0.29, 0.717) is 18.8 Å². The van der Waals surface area contributed by atoms with E-state index in [-0.39, 0.29) is 5.91 Å². The minimum Gasteiger partial charge on any atom is -0.369 e. The minimum atomic E-state index is 0.235. The highest BCUT2D eigenvalue weighted by Crippen LogP contribution is 2.29. The van der Waals surface area contributed by atoms with Gasteiger partial charge in [0, 0.05) is 43.9 Å². The van der Waals surface area contributed by atoms with E-state index >= 15 is 0 Å². The first kappa shape index (κ1) is 21.9. The highest BCUT2D eigenvalue weighted by atomic mass is 16.2. The Morgan fingerprint density at radius 2 is 1.91 bits per heavy atom. The molecule has 33 heavy (non-hydrogen) atoms. The zero-order chi connectivity index (χ0) is 22.5. The van der Waals surface area contributed by atoms with Crippen LogP contribution in [0.3, 0.4) is 0 Å². The number of carbonyl (C=O) groups is 1. The molecule has 2 fully saturated rings. The highest BCUT2D eigenvalue weighted by Gasteiger charge is 2.25. The molecule has 3 heterocycles. The van der Waals surface area contributed by atoms with Gasteiger partial charge in [-0.2, -0.15) is 5.10 Å². The number of H-pyrrole nitrogens is 1. The summed E-state index contributed by atoms with van der Waals surface area (Å²) >= 11 is 0. The van der Waals surface area contributed by atoms with Crippen molar-refractivity contribution in [2.75, 3.05) is 25.0 Å². The molecule has 6 heteroatoms. The molecule has 1 saturated carbocycles. The van der Waals surface area contributed by atoms with Crippen molar-refractivity contribution in [1.82, 2.24) is 20.1 Å². The van der Waals surface area contributed by atoms with Crippen LogP contribution in [-0.2, 0) is 11.2 Å². The summed E-state index contributed by atoms with van der Waals surface area (Å²) in [6.45, 7) is 2.65. The molecule has 6 nitrogen and oxygen atoms in total. The number of aromatic amines is 1. The van der Waals surface area contributed by atoms with Gasteiger partial charge in [-0.1, -0.05) is 49.6 Å². The summed E-state index contributed by atoms with van der Waals surface area (Å²) in [6, 6.07) is 12.5. The topological polar surface area (TPSA) is 73.9 Å². The Bertz CT molecular complexity index is 1060. The van der Waals surface area contributed by atoms with Crippen molar-refractivity contribution in [3.8, 4) is 0 Å². The lowest BCUT2D eigenvalue weighted by Gasteiger charge is -2.33. The number of hydrogen-bond acceptors (Lipinski definition) is 4. The van der Waals surface area contributed by atoms with Crippen molar-refractivity contribution >= 4 is 22.6 Å². The Labute approximate surface area is 196 Å². The van der Waals surface area contributed by atoms with Crippen LogP contribution in [0, 0.1) is 5.92 Å². The first-order valence-corrected chi connectivity index (χ1v) is 12.7. The molecule has 0 spiro atoms. The zero-order valence-electron chi connectivity index (χ0n) is 19.4. The summed E-state index contributed by atoms with van der Waals surface area (Å²) in [5.74, 6) is 2.30. The maximum atomic E-state index is 13.1. The van der Waals surface area contributed by atoms with Gasteiger partial charge < -0.3 is 10.2 Å². The van der Waals surface area contributed by atoms with Gasteiger partial charge >= 0.3 is 0 Å². The second-order valence-electron chi connectivity index (χ2n) is 9.73. The van der Waals surface area contributed by atoms with E-state index in [2.05, 4.69) is 55.7 Å². The number of rotatable bonds is 7. The molecule has 2 aliphatic rings. The molecule has 1 saturated heterocycles. The van der Waals surface area contributed by atoms with Crippen molar-refractivity contribution in [2.45, 2.75) is 63.7 Å². The molecule has 1 aromatic carbocycles. The summed E-state index contributed by atoms with van der Waals surface area (Å²) < 4.78 is 0. The molecule has 0 unspecified atom stereocenters. The third kappa shape index (κ3) is 5.21. The third-order valence-electron chi connectivity index (χ3n) is 7.46. The van der Waals surface area contributed by atoms with E-state index < -0.39 is 0 Å². The average molecular weight is 446 g/mol. The Morgan fingerprint density at radius 3 is 2.76 bits per heavy atom. The molecule has 174 valence electrons. The number of aromatic nitrogens is 3. The first-order valence-electron chi connectivity index (χ1n) is 12.7. The summed E-state index contributed by atoms with van der Waals surface area (Å²) in [6.07, 6.45) is 11.8. The van der Waals surface area contributed by atoms with Gasteiger partial charge in [-0.05, 0) is 49.7 Å². The zero-order valence-corrected chi connectivity index (χ0v) is 19.4. The number of aryl methyl sites for hydroxylation is 1. The predicted octanol–water partition coefficient (Wildman–Crippen LogP) is 5.29. The van der Waals surface area contributed by atoms with Crippen LogP contribution in [0.4, 0.5) is 5.82 Å². The van der Waals surface area contributed by atoms with Crippen molar-refractivity contribution in [2.24, 2.45) is 5.92 Å². The summed E-state index contributed by atoms with van der Waals surface area (Å²) in [5.41, 5.74) is 3.27. The van der Waals surface area contributed by atoms with Crippen molar-refractivity contribution < 1.29 is 4.79 Å². The number of amides is 1. The molecule has 2 N–H and O–H groups in total. The summed E-state index contributed by atoms with van der Waals surface area (Å²) in [4.78, 5) is 19.8. The van der Waals surface area contributed by atoms with Gasteiger partial charge in [0.15, 0.2) is 0 Å². The standard InChI is InChI=1S/C27H35N5O/c33-25(32-17-7-12-22(19-32)21-10-5-2-6-11-21)14-13-23-26-24(31-30-23)15-16-28-27(26)29-18-20-8-3-1-4-9-20/h2,5-6,10-11,15-16,20,22H,1,3-4,7-9,12-14,17-19H2,(H,28,29)(H,30,31)/t22-/m0/s1. The van der Waals surface area contributed by atoms with E-state index in [1.807, 2.05) is 12.3 Å². The van der Waals surface area contributed by atoms with Gasteiger partial charge in [0.1, 0.15) is 5.82 Å². The Morgan fingerprint density at radius 1 is 1.06 bits per heavy atom. The molecule has 5 rings (SSSR count). The number of benzene rings is 1. The second kappa shape index (κ2) is 10.4. The first-order chi connectivity index (χ1) is 16.3. The van der Waals surface area contributed by atoms with Crippen LogP contribution in [-0.4, -0.2) is 45.6 Å². The number of piperidine rings is 1. The molecule has 1 aliphatic heterocycles. The average Bonchev–Trinajstić information content (AvgIpc) is 3.31. The number of nitrogens with one attached hydrogen (secondary N) is 2. The fraction of sp³-hybridized carbons (Fsp3) is 0.519. The van der Waals surface area contributed by atoms with Crippen molar-refractivity contribution in [3.63, 3.8) is 0 Å². The number of carbonyl (C=O) groups excluding carboxylic acids is 1. The van der Waals surface area contributed by atoms with Crippen LogP contribution >= 0.6 is 0 Å². The van der Waals surface area contributed by atoms with Crippen molar-refractivity contribution in [1.29, 1.82) is 0 Å². The van der Waals surface area contributed by atoms with Gasteiger partial charge in [0.2, 0.25) is 5.91 Å². The SMILES string of the molecule is O=C(CCc1[nH]nc2ccnc(NCC3CCCCC3)c12)N1CCC[C@H](c2ccccc2)C1. The van der Waals surface area contributed by atoms with E-state index in [1.165, 1.54) is 37.7 Å². The van der Waals surface area contributed by atoms with E-state index in [9.17, 15) is 4.79 Å². The van der Waals surface area contributed by atoms with Gasteiger partial charge in [-0.25, -0.2) is 4.98 Å². The quantitative estimate of drug-likeness (QED) is 0.518. The molecular weight excluding hydrogens is 410 g/mol. The lowest BCUT2D eigenvalue weighted by atomic mass is 9.89. The summed E-state index contributed by atoms with van der Waals surface area (Å²) in [5, 5.41) is 12.3. The number of fused-ring (bicyclic) bond motifs is 1. The number of nitrogens with zero attached hydrogens (tertiary/aromatic N) is 3. The Balaban J connectivity index is 1.22. The van der Waals surface area contributed by atoms with E-state index in [4.69, 9.17) is 0 Å². The number of likely N-dealkylation sites (tertiary alicyclic amines) is 1. The largest absolute Gasteiger partial charge is 0.369 e. The molecule has 3 aromatic rings. The minimum absolute atomic E-state index is 0.235. The fourth-order valence-electron chi connectivity index (χ4n) is 5.56. The fourth-order valence-corrected chi connectivity index (χ4v) is 5.56. The second-order valence-corrected chi connectivity index (χ2v) is 9.73. The van der Waals surface area contributed by atoms with Crippen LogP contribution in [0.2, 0.25) is 0 Å². The summed E-state index contributed by atoms with van der Waals surface area (Å²) in [7, 11) is 0. The molecule has 0 bridgehead atoms. The van der Waals surface area contributed by atoms with Crippen LogP contribution in [0.5, 0.6) is 0 Å². The molecule has 1 aliphatic carbocycles. The van der Waals surface area contributed by atoms with Crippen LogP contribution < -0.4 is 5.32 Å². The van der Waals surface area contributed by atoms with E-state index in [1.54, 1.807) is 0 Å². The number of anilines is 1. The molecular formula is C27H35N5O. The van der Waals surface area contributed by atoms with Crippen LogP contribution in [0.25, 0.3) is 10.9 Å². The van der Waals surface area contributed by atoms with Gasteiger partial charge in [-0.15, -0.1) is 0 Å². The molecule has 1 amide bonds. The van der Waals surface area contributed by atoms with Gasteiger partial charge in [0.25, 0.3) is 0 Å². The smallest absolute Gasteiger partial charge is 0.222 e. The van der Waals surface area contributed by atoms with Crippen LogP contribution in [0.1, 0.15) is 68.5 Å². The Kier molecular flexibility index (Phi) is 6.89. The van der Waals surface area contributed by atoms with Crippen LogP contribution in [0.15, 0.2) is 42.6 Å². The molecule has 2 aromatic heterocycles. The molecule has 1 atom stereocenters. The third-order valence-corrected chi connectivity index (χ3v) is 7.46.